The van der Waals surface area contributed by atoms with Crippen molar-refractivity contribution in [1.29, 1.82) is 0 Å². The van der Waals surface area contributed by atoms with E-state index in [4.69, 9.17) is 4.74 Å². The highest BCUT2D eigenvalue weighted by Gasteiger charge is 2.09. The minimum absolute atomic E-state index is 0.140. The van der Waals surface area contributed by atoms with Crippen molar-refractivity contribution < 1.29 is 9.53 Å². The summed E-state index contributed by atoms with van der Waals surface area (Å²) < 4.78 is 6.31. The number of rotatable bonds is 7. The average Bonchev–Trinajstić information content (AvgIpc) is 3.07. The summed E-state index contributed by atoms with van der Waals surface area (Å²) in [6.45, 7) is 0.140. The van der Waals surface area contributed by atoms with Crippen LogP contribution in [0.2, 0.25) is 0 Å². The highest BCUT2D eigenvalue weighted by Crippen LogP contribution is 2.24. The Kier molecular flexibility index (Phi) is 6.25. The third kappa shape index (κ3) is 5.06. The summed E-state index contributed by atoms with van der Waals surface area (Å²) in [5, 5.41) is 6.49. The van der Waals surface area contributed by atoms with Crippen molar-refractivity contribution in [3.8, 4) is 5.75 Å². The van der Waals surface area contributed by atoms with Crippen LogP contribution in [0, 0.1) is 0 Å². The van der Waals surface area contributed by atoms with E-state index < -0.39 is 0 Å². The largest absolute Gasteiger partial charge is 0.495 e. The monoisotopic (exact) mass is 431 g/mol. The maximum Gasteiger partial charge on any atom is 0.245 e. The zero-order valence-corrected chi connectivity index (χ0v) is 16.6. The van der Waals surface area contributed by atoms with E-state index in [2.05, 4.69) is 43.7 Å². The fourth-order valence-corrected chi connectivity index (χ4v) is 3.73. The molecule has 0 atom stereocenters. The number of carbonyl (C=O) groups is 1. The second kappa shape index (κ2) is 8.82. The molecule has 3 rings (SSSR count). The summed E-state index contributed by atoms with van der Waals surface area (Å²) in [4.78, 5) is 17.5. The second-order valence-electron chi connectivity index (χ2n) is 5.54. The van der Waals surface area contributed by atoms with Crippen LogP contribution in [0.3, 0.4) is 0 Å². The van der Waals surface area contributed by atoms with E-state index in [-0.39, 0.29) is 12.5 Å². The number of carbonyl (C=O) groups excluding carboxylic acids is 1. The molecule has 5 nitrogen and oxygen atoms in total. The summed E-state index contributed by atoms with van der Waals surface area (Å²) in [6.07, 6.45) is 2.58. The van der Waals surface area contributed by atoms with E-state index in [9.17, 15) is 4.79 Å². The molecule has 1 aromatic heterocycles. The Labute approximate surface area is 164 Å². The van der Waals surface area contributed by atoms with Gasteiger partial charge >= 0.3 is 0 Å². The van der Waals surface area contributed by atoms with Gasteiger partial charge in [0.1, 0.15) is 5.75 Å². The molecule has 0 aliphatic heterocycles. The maximum absolute atomic E-state index is 12.1. The van der Waals surface area contributed by atoms with Crippen molar-refractivity contribution in [1.82, 2.24) is 4.98 Å². The van der Waals surface area contributed by atoms with Gasteiger partial charge in [0.2, 0.25) is 5.91 Å². The van der Waals surface area contributed by atoms with Gasteiger partial charge < -0.3 is 15.4 Å². The topological polar surface area (TPSA) is 63.2 Å². The lowest BCUT2D eigenvalue weighted by Gasteiger charge is -2.10. The van der Waals surface area contributed by atoms with Crippen LogP contribution in [0.1, 0.15) is 10.4 Å². The fourth-order valence-electron chi connectivity index (χ4n) is 2.42. The van der Waals surface area contributed by atoms with Gasteiger partial charge in [0.25, 0.3) is 0 Å². The van der Waals surface area contributed by atoms with Gasteiger partial charge in [-0.25, -0.2) is 4.98 Å². The number of nitrogens with one attached hydrogen (secondary N) is 2. The number of methoxy groups -OCH3 is 1. The molecule has 1 amide bonds. The van der Waals surface area contributed by atoms with Gasteiger partial charge in [-0.1, -0.05) is 40.2 Å². The van der Waals surface area contributed by atoms with Crippen molar-refractivity contribution in [3.05, 3.63) is 69.6 Å². The molecule has 3 aromatic rings. The Bertz CT molecular complexity index is 898. The average molecular weight is 432 g/mol. The lowest BCUT2D eigenvalue weighted by molar-refractivity contribution is -0.114. The van der Waals surface area contributed by atoms with E-state index in [1.54, 1.807) is 13.3 Å². The number of hydrogen-bond donors (Lipinski definition) is 2. The highest BCUT2D eigenvalue weighted by molar-refractivity contribution is 9.10. The van der Waals surface area contributed by atoms with Gasteiger partial charge in [-0.2, -0.15) is 0 Å². The summed E-state index contributed by atoms with van der Waals surface area (Å²) >= 11 is 4.96. The summed E-state index contributed by atoms with van der Waals surface area (Å²) in [6, 6.07) is 15.6. The van der Waals surface area contributed by atoms with Crippen LogP contribution in [0.5, 0.6) is 5.75 Å². The van der Waals surface area contributed by atoms with Gasteiger partial charge in [0.05, 0.1) is 19.3 Å². The molecule has 0 saturated carbocycles. The molecule has 134 valence electrons. The van der Waals surface area contributed by atoms with Crippen molar-refractivity contribution in [3.63, 3.8) is 0 Å². The van der Waals surface area contributed by atoms with Crippen LogP contribution in [0.4, 0.5) is 10.8 Å². The number of anilines is 2. The van der Waals surface area contributed by atoms with Gasteiger partial charge in [-0.05, 0) is 29.8 Å². The molecule has 26 heavy (non-hydrogen) atoms. The number of thiazole rings is 1. The lowest BCUT2D eigenvalue weighted by atomic mass is 10.1. The molecule has 2 N–H and O–H groups in total. The summed E-state index contributed by atoms with van der Waals surface area (Å²) in [5.74, 6) is 0.546. The highest BCUT2D eigenvalue weighted by atomic mass is 79.9. The Morgan fingerprint density at radius 3 is 2.88 bits per heavy atom. The van der Waals surface area contributed by atoms with Crippen molar-refractivity contribution in [2.24, 2.45) is 0 Å². The van der Waals surface area contributed by atoms with Crippen LogP contribution in [0.25, 0.3) is 0 Å². The SMILES string of the molecule is COc1ccccc1NCC(=O)Nc1ncc(Cc2cccc(Br)c2)s1. The first-order valence-corrected chi connectivity index (χ1v) is 9.61. The molecule has 1 heterocycles. The molecule has 7 heteroatoms. The summed E-state index contributed by atoms with van der Waals surface area (Å²) in [7, 11) is 1.60. The lowest BCUT2D eigenvalue weighted by Crippen LogP contribution is -2.21. The zero-order valence-electron chi connectivity index (χ0n) is 14.2. The number of nitrogens with zero attached hydrogens (tertiary/aromatic N) is 1. The fraction of sp³-hybridized carbons (Fsp3) is 0.158. The molecule has 0 spiro atoms. The number of amides is 1. The van der Waals surface area contributed by atoms with Gasteiger partial charge in [-0.3, -0.25) is 4.79 Å². The number of benzene rings is 2. The van der Waals surface area contributed by atoms with E-state index in [0.29, 0.717) is 10.9 Å². The molecule has 0 aliphatic carbocycles. The predicted octanol–water partition coefficient (Wildman–Crippen LogP) is 4.56. The molecule has 0 radical (unpaired) electrons. The molecular formula is C19H18BrN3O2S. The first-order valence-electron chi connectivity index (χ1n) is 8.00. The van der Waals surface area contributed by atoms with E-state index in [0.717, 1.165) is 21.5 Å². The summed E-state index contributed by atoms with van der Waals surface area (Å²) in [5.41, 5.74) is 1.97. The molecule has 0 fully saturated rings. The van der Waals surface area contributed by atoms with E-state index in [1.807, 2.05) is 36.4 Å². The normalized spacial score (nSPS) is 10.4. The predicted molar refractivity (Wildman–Crippen MR) is 109 cm³/mol. The van der Waals surface area contributed by atoms with Crippen molar-refractivity contribution in [2.45, 2.75) is 6.42 Å². The van der Waals surface area contributed by atoms with Crippen molar-refractivity contribution >= 4 is 44.0 Å². The Morgan fingerprint density at radius 2 is 2.08 bits per heavy atom. The zero-order chi connectivity index (χ0) is 18.4. The van der Waals surface area contributed by atoms with E-state index >= 15 is 0 Å². The third-order valence-corrected chi connectivity index (χ3v) is 5.02. The molecule has 0 bridgehead atoms. The quantitative estimate of drug-likeness (QED) is 0.575. The van der Waals surface area contributed by atoms with Gasteiger partial charge in [0.15, 0.2) is 5.13 Å². The molecular weight excluding hydrogens is 414 g/mol. The standard InChI is InChI=1S/C19H18BrN3O2S/c1-25-17-8-3-2-7-16(17)21-12-18(24)23-19-22-11-15(26-19)10-13-5-4-6-14(20)9-13/h2-9,11,21H,10,12H2,1H3,(H,22,23,24). The minimum Gasteiger partial charge on any atom is -0.495 e. The molecule has 0 aliphatic rings. The van der Waals surface area contributed by atoms with Crippen molar-refractivity contribution in [2.75, 3.05) is 24.3 Å². The minimum atomic E-state index is -0.153. The number of ether oxygens (including phenoxy) is 1. The second-order valence-corrected chi connectivity index (χ2v) is 7.57. The van der Waals surface area contributed by atoms with Gasteiger partial charge in [0, 0.05) is 22.0 Å². The number of para-hydroxylation sites is 2. The van der Waals surface area contributed by atoms with E-state index in [1.165, 1.54) is 16.9 Å². The number of hydrogen-bond acceptors (Lipinski definition) is 5. The van der Waals surface area contributed by atoms with Crippen LogP contribution < -0.4 is 15.4 Å². The molecule has 0 saturated heterocycles. The smallest absolute Gasteiger partial charge is 0.245 e. The number of aromatic nitrogens is 1. The van der Waals surface area contributed by atoms with Crippen LogP contribution in [-0.2, 0) is 11.2 Å². The third-order valence-electron chi connectivity index (χ3n) is 3.61. The molecule has 0 unspecified atom stereocenters. The number of halogens is 1. The van der Waals surface area contributed by atoms with Crippen LogP contribution in [-0.4, -0.2) is 24.5 Å². The first kappa shape index (κ1) is 18.4. The van der Waals surface area contributed by atoms with Crippen LogP contribution in [0.15, 0.2) is 59.2 Å². The Morgan fingerprint density at radius 1 is 1.23 bits per heavy atom. The van der Waals surface area contributed by atoms with Crippen LogP contribution >= 0.6 is 27.3 Å². The Hall–Kier alpha value is -2.38. The first-order chi connectivity index (χ1) is 12.6. The Balaban J connectivity index is 1.54. The van der Waals surface area contributed by atoms with Gasteiger partial charge in [-0.15, -0.1) is 11.3 Å². The maximum atomic E-state index is 12.1. The molecule has 2 aromatic carbocycles.